The van der Waals surface area contributed by atoms with Crippen molar-refractivity contribution in [3.63, 3.8) is 0 Å². The molecule has 1 nitrogen and oxygen atoms in total. The van der Waals surface area contributed by atoms with Crippen molar-refractivity contribution in [2.75, 3.05) is 0 Å². The first-order chi connectivity index (χ1) is 8.95. The number of benzene rings is 1. The second-order valence-corrected chi connectivity index (χ2v) is 4.35. The zero-order valence-corrected chi connectivity index (χ0v) is 10.1. The Morgan fingerprint density at radius 1 is 1.12 bits per heavy atom. The van der Waals surface area contributed by atoms with Gasteiger partial charge in [-0.3, -0.25) is 0 Å². The van der Waals surface area contributed by atoms with Gasteiger partial charge < -0.3 is 5.11 Å². The predicted octanol–water partition coefficient (Wildman–Crippen LogP) is 4.86. The fraction of sp³-hybridized carbons (Fsp3) is 0.600. The summed E-state index contributed by atoms with van der Waals surface area (Å²) in [5, 5.41) is 9.27. The van der Waals surface area contributed by atoms with Crippen LogP contribution in [0.1, 0.15) is 67.9 Å². The highest BCUT2D eigenvalue weighted by Gasteiger charge is 2.04. The van der Waals surface area contributed by atoms with E-state index in [4.69, 9.17) is 4.11 Å². The molecule has 0 bridgehead atoms. The third-order valence-electron chi connectivity index (χ3n) is 2.89. The largest absolute Gasteiger partial charge is 0.508 e. The van der Waals surface area contributed by atoms with E-state index in [2.05, 4.69) is 6.92 Å². The molecule has 0 aliphatic heterocycles. The summed E-state index contributed by atoms with van der Waals surface area (Å²) in [5.41, 5.74) is 0.799. The van der Waals surface area contributed by atoms with E-state index < -0.39 is 12.8 Å². The van der Waals surface area contributed by atoms with Crippen molar-refractivity contribution in [3.05, 3.63) is 29.8 Å². The maximum Gasteiger partial charge on any atom is 0.115 e. The van der Waals surface area contributed by atoms with E-state index in [0.717, 1.165) is 18.4 Å². The highest BCUT2D eigenvalue weighted by atomic mass is 16.3. The zero-order valence-electron chi connectivity index (χ0n) is 13.1. The highest BCUT2D eigenvalue weighted by molar-refractivity contribution is 5.27. The van der Waals surface area contributed by atoms with Gasteiger partial charge in [0.15, 0.2) is 0 Å². The fourth-order valence-electron chi connectivity index (χ4n) is 1.83. The van der Waals surface area contributed by atoms with Gasteiger partial charge in [0, 0.05) is 4.11 Å². The van der Waals surface area contributed by atoms with Gasteiger partial charge >= 0.3 is 0 Å². The van der Waals surface area contributed by atoms with Crippen LogP contribution < -0.4 is 0 Å². The van der Waals surface area contributed by atoms with Crippen LogP contribution in [0.25, 0.3) is 0 Å². The number of aromatic hydroxyl groups is 1. The molecule has 0 heterocycles. The van der Waals surface area contributed by atoms with Crippen molar-refractivity contribution in [2.24, 2.45) is 0 Å². The van der Waals surface area contributed by atoms with E-state index in [1.165, 1.54) is 19.3 Å². The molecule has 0 amide bonds. The Bertz CT molecular complexity index is 357. The summed E-state index contributed by atoms with van der Waals surface area (Å²) in [6.07, 6.45) is 6.32. The van der Waals surface area contributed by atoms with Gasteiger partial charge in [0.1, 0.15) is 5.75 Å². The Labute approximate surface area is 104 Å². The quantitative estimate of drug-likeness (QED) is 0.655. The lowest BCUT2D eigenvalue weighted by molar-refractivity contribution is 0.474. The Morgan fingerprint density at radius 2 is 1.81 bits per heavy atom. The summed E-state index contributed by atoms with van der Waals surface area (Å²) >= 11 is 0. The van der Waals surface area contributed by atoms with Crippen LogP contribution in [0.4, 0.5) is 0 Å². The summed E-state index contributed by atoms with van der Waals surface area (Å²) in [6.45, 7) is 0.198. The van der Waals surface area contributed by atoms with E-state index in [-0.39, 0.29) is 5.75 Å². The van der Waals surface area contributed by atoms with E-state index in [1.807, 2.05) is 0 Å². The number of hydrogen-bond donors (Lipinski definition) is 1. The first-order valence-electron chi connectivity index (χ1n) is 7.74. The molecule has 1 aromatic carbocycles. The number of phenols is 1. The molecule has 16 heavy (non-hydrogen) atoms. The van der Waals surface area contributed by atoms with Crippen molar-refractivity contribution in [2.45, 2.75) is 58.2 Å². The normalized spacial score (nSPS) is 16.2. The van der Waals surface area contributed by atoms with Gasteiger partial charge in [0.25, 0.3) is 0 Å². The third kappa shape index (κ3) is 4.69. The third-order valence-corrected chi connectivity index (χ3v) is 2.89. The molecular formula is C15H24O. The standard InChI is InChI=1S/C15H24O/c1-3-4-5-6-7-8-13(2)14-9-11-15(16)12-10-14/h9-13,16H,3-8H2,1-2H3/i2D3. The maximum atomic E-state index is 9.27. The van der Waals surface area contributed by atoms with Crippen molar-refractivity contribution < 1.29 is 9.22 Å². The molecule has 90 valence electrons. The van der Waals surface area contributed by atoms with Crippen molar-refractivity contribution in [1.29, 1.82) is 0 Å². The van der Waals surface area contributed by atoms with Crippen molar-refractivity contribution >= 4 is 0 Å². The van der Waals surface area contributed by atoms with Gasteiger partial charge in [-0.1, -0.05) is 58.0 Å². The fourth-order valence-corrected chi connectivity index (χ4v) is 1.83. The number of unbranched alkanes of at least 4 members (excludes halogenated alkanes) is 4. The molecule has 0 aliphatic carbocycles. The summed E-state index contributed by atoms with van der Waals surface area (Å²) < 4.78 is 23.0. The molecule has 0 saturated carbocycles. The van der Waals surface area contributed by atoms with Crippen LogP contribution in [0.2, 0.25) is 0 Å². The molecule has 0 radical (unpaired) electrons. The highest BCUT2D eigenvalue weighted by Crippen LogP contribution is 2.23. The molecule has 0 aromatic heterocycles. The second-order valence-electron chi connectivity index (χ2n) is 4.35. The monoisotopic (exact) mass is 223 g/mol. The van der Waals surface area contributed by atoms with Crippen LogP contribution in [0.5, 0.6) is 5.75 Å². The summed E-state index contributed by atoms with van der Waals surface area (Å²) in [4.78, 5) is 0. The smallest absolute Gasteiger partial charge is 0.115 e. The van der Waals surface area contributed by atoms with E-state index >= 15 is 0 Å². The average Bonchev–Trinajstić information content (AvgIpc) is 2.34. The zero-order chi connectivity index (χ0) is 14.3. The van der Waals surface area contributed by atoms with Crippen LogP contribution in [0, 0.1) is 0 Å². The summed E-state index contributed by atoms with van der Waals surface area (Å²) in [6, 6.07) is 6.56. The molecular weight excluding hydrogens is 196 g/mol. The Morgan fingerprint density at radius 3 is 2.44 bits per heavy atom. The van der Waals surface area contributed by atoms with Gasteiger partial charge in [0.2, 0.25) is 0 Å². The number of rotatable bonds is 7. The van der Waals surface area contributed by atoms with Gasteiger partial charge in [-0.15, -0.1) is 0 Å². The molecule has 1 aromatic rings. The molecule has 1 atom stereocenters. The molecule has 0 saturated heterocycles. The van der Waals surface area contributed by atoms with E-state index in [1.54, 1.807) is 24.3 Å². The second kappa shape index (κ2) is 7.32. The lowest BCUT2D eigenvalue weighted by Crippen LogP contribution is -1.93. The molecule has 0 aliphatic rings. The van der Waals surface area contributed by atoms with Gasteiger partial charge in [-0.05, 0) is 30.0 Å². The minimum Gasteiger partial charge on any atom is -0.508 e. The minimum atomic E-state index is -1.97. The van der Waals surface area contributed by atoms with E-state index in [0.29, 0.717) is 6.42 Å². The Balaban J connectivity index is 2.60. The van der Waals surface area contributed by atoms with E-state index in [9.17, 15) is 5.11 Å². The van der Waals surface area contributed by atoms with Gasteiger partial charge in [0.05, 0.1) is 0 Å². The minimum absolute atomic E-state index is 0.177. The molecule has 1 rings (SSSR count). The van der Waals surface area contributed by atoms with Crippen LogP contribution >= 0.6 is 0 Å². The maximum absolute atomic E-state index is 9.27. The first-order valence-corrected chi connectivity index (χ1v) is 6.24. The van der Waals surface area contributed by atoms with Crippen LogP contribution in [-0.4, -0.2) is 5.11 Å². The van der Waals surface area contributed by atoms with Crippen LogP contribution in [0.3, 0.4) is 0 Å². The van der Waals surface area contributed by atoms with Crippen LogP contribution in [0.15, 0.2) is 24.3 Å². The van der Waals surface area contributed by atoms with Gasteiger partial charge in [-0.2, -0.15) is 0 Å². The first kappa shape index (κ1) is 9.09. The molecule has 1 unspecified atom stereocenters. The average molecular weight is 223 g/mol. The lowest BCUT2D eigenvalue weighted by Gasteiger charge is -2.11. The Kier molecular flexibility index (Phi) is 4.16. The number of phenolic OH excluding ortho intramolecular Hbond substituents is 1. The predicted molar refractivity (Wildman–Crippen MR) is 69.9 cm³/mol. The van der Waals surface area contributed by atoms with Crippen molar-refractivity contribution in [1.82, 2.24) is 0 Å². The molecule has 1 heteroatoms. The molecule has 0 fully saturated rings. The van der Waals surface area contributed by atoms with Crippen molar-refractivity contribution in [3.8, 4) is 5.75 Å². The Hall–Kier alpha value is -0.980. The summed E-state index contributed by atoms with van der Waals surface area (Å²) in [7, 11) is 0. The molecule has 0 spiro atoms. The lowest BCUT2D eigenvalue weighted by atomic mass is 9.95. The van der Waals surface area contributed by atoms with Crippen LogP contribution in [-0.2, 0) is 0 Å². The topological polar surface area (TPSA) is 20.2 Å². The molecule has 1 N–H and O–H groups in total. The number of hydrogen-bond acceptors (Lipinski definition) is 1. The summed E-state index contributed by atoms with van der Waals surface area (Å²) in [5.74, 6) is -0.245. The SMILES string of the molecule is [2H]C([2H])([2H])C(CCCCCCC)c1ccc(O)cc1. The van der Waals surface area contributed by atoms with Gasteiger partial charge in [-0.25, -0.2) is 0 Å².